The topological polar surface area (TPSA) is 130 Å². The summed E-state index contributed by atoms with van der Waals surface area (Å²) in [5.41, 5.74) is 6.66. The highest BCUT2D eigenvalue weighted by Crippen LogP contribution is 2.52. The second kappa shape index (κ2) is 9.69. The maximum Gasteiger partial charge on any atom is 0.232 e. The van der Waals surface area contributed by atoms with Crippen LogP contribution in [0.4, 0.5) is 0 Å². The van der Waals surface area contributed by atoms with E-state index >= 15 is 0 Å². The molecular weight excluding hydrogens is 482 g/mol. The third-order valence-electron chi connectivity index (χ3n) is 8.50. The molecule has 9 heteroatoms. The number of aliphatic hydroxyl groups is 1. The minimum absolute atomic E-state index is 0.0864. The Labute approximate surface area is 223 Å². The van der Waals surface area contributed by atoms with Crippen molar-refractivity contribution >= 4 is 17.8 Å². The van der Waals surface area contributed by atoms with Crippen LogP contribution < -0.4 is 15.8 Å². The maximum atomic E-state index is 13.6. The number of para-hydroxylation sites is 1. The van der Waals surface area contributed by atoms with Crippen molar-refractivity contribution in [3.05, 3.63) is 59.9 Å². The number of hydrogen-bond acceptors (Lipinski definition) is 7. The number of ether oxygens (including phenoxy) is 1. The highest BCUT2D eigenvalue weighted by Gasteiger charge is 2.54. The summed E-state index contributed by atoms with van der Waals surface area (Å²) in [5.74, 6) is 0.0730. The number of fused-ring (bicyclic) bond motifs is 1. The van der Waals surface area contributed by atoms with Crippen molar-refractivity contribution in [3.8, 4) is 5.75 Å². The summed E-state index contributed by atoms with van der Waals surface area (Å²) in [4.78, 5) is 37.7. The molecule has 0 saturated heterocycles. The van der Waals surface area contributed by atoms with Crippen LogP contribution in [0.15, 0.2) is 53.8 Å². The molecule has 1 saturated carbocycles. The number of nitrogens with one attached hydrogen (secondary N) is 1. The van der Waals surface area contributed by atoms with Crippen LogP contribution in [0, 0.1) is 11.8 Å². The molecular formula is C29H37N5O4. The van der Waals surface area contributed by atoms with Crippen LogP contribution in [0.3, 0.4) is 0 Å². The summed E-state index contributed by atoms with van der Waals surface area (Å²) in [5, 5.41) is 14.2. The van der Waals surface area contributed by atoms with Crippen LogP contribution in [0.5, 0.6) is 5.75 Å². The van der Waals surface area contributed by atoms with E-state index in [0.29, 0.717) is 12.2 Å². The minimum Gasteiger partial charge on any atom is -0.485 e. The fraction of sp³-hybridized carbons (Fsp3) is 0.517. The number of pyridine rings is 1. The van der Waals surface area contributed by atoms with Crippen LogP contribution in [-0.2, 0) is 9.59 Å². The Morgan fingerprint density at radius 3 is 2.63 bits per heavy atom. The predicted octanol–water partition coefficient (Wildman–Crippen LogP) is 3.25. The Morgan fingerprint density at radius 2 is 1.97 bits per heavy atom. The fourth-order valence-electron chi connectivity index (χ4n) is 5.95. The lowest BCUT2D eigenvalue weighted by Crippen LogP contribution is -2.54. The van der Waals surface area contributed by atoms with Crippen molar-refractivity contribution in [1.29, 1.82) is 0 Å². The van der Waals surface area contributed by atoms with Crippen LogP contribution in [0.2, 0.25) is 0 Å². The average molecular weight is 520 g/mol. The van der Waals surface area contributed by atoms with Gasteiger partial charge in [0.2, 0.25) is 11.8 Å². The van der Waals surface area contributed by atoms with Gasteiger partial charge < -0.3 is 20.9 Å². The third kappa shape index (κ3) is 4.53. The van der Waals surface area contributed by atoms with E-state index in [0.717, 1.165) is 24.0 Å². The van der Waals surface area contributed by atoms with Crippen molar-refractivity contribution in [2.75, 3.05) is 0 Å². The highest BCUT2D eigenvalue weighted by molar-refractivity contribution is 5.99. The molecule has 5 rings (SSSR count). The van der Waals surface area contributed by atoms with Crippen molar-refractivity contribution in [1.82, 2.24) is 15.2 Å². The van der Waals surface area contributed by atoms with Crippen molar-refractivity contribution < 1.29 is 19.4 Å². The molecule has 0 spiro atoms. The first kappa shape index (κ1) is 26.2. The number of carbonyl (C=O) groups excluding carboxylic acids is 2. The summed E-state index contributed by atoms with van der Waals surface area (Å²) in [6, 6.07) is 10.1. The van der Waals surface area contributed by atoms with Crippen LogP contribution in [0.25, 0.3) is 0 Å². The second-order valence-electron chi connectivity index (χ2n) is 11.3. The van der Waals surface area contributed by atoms with Gasteiger partial charge in [-0.1, -0.05) is 38.1 Å². The summed E-state index contributed by atoms with van der Waals surface area (Å²) < 4.78 is 6.00. The van der Waals surface area contributed by atoms with Crippen LogP contribution >= 0.6 is 0 Å². The lowest BCUT2D eigenvalue weighted by Gasteiger charge is -2.42. The number of aliphatic imine (C=N–C) groups is 1. The number of guanidine groups is 1. The Hall–Kier alpha value is -3.46. The summed E-state index contributed by atoms with van der Waals surface area (Å²) in [6.07, 6.45) is 4.78. The first-order valence-electron chi connectivity index (χ1n) is 13.4. The van der Waals surface area contributed by atoms with E-state index < -0.39 is 29.3 Å². The molecule has 2 aromatic rings. The normalized spacial score (nSPS) is 28.0. The number of rotatable bonds is 7. The van der Waals surface area contributed by atoms with Gasteiger partial charge in [0.25, 0.3) is 0 Å². The van der Waals surface area contributed by atoms with E-state index in [1.54, 1.807) is 17.3 Å². The van der Waals surface area contributed by atoms with Gasteiger partial charge in [-0.2, -0.15) is 0 Å². The standard InChI is InChI=1S/C29H37N5O4/c1-5-29(6-2)15-22(35)34(27(30)33-29)24(17-10-9-13-31-16-17)19-14-20(19)26(37)32-23-18-11-7-8-12-21(18)38-28(3,4)25(23)36/h7-13,16,19-20,23-25,36H,5-6,14-15H2,1-4H3,(H2,30,33)(H,32,37)/t19-,20-,23-,24-,25?/m1/s1. The smallest absolute Gasteiger partial charge is 0.232 e. The van der Waals surface area contributed by atoms with E-state index in [1.807, 2.05) is 64.1 Å². The molecule has 202 valence electrons. The molecule has 9 nitrogen and oxygen atoms in total. The fourth-order valence-corrected chi connectivity index (χ4v) is 5.95. The van der Waals surface area contributed by atoms with E-state index in [2.05, 4.69) is 10.3 Å². The number of aliphatic hydroxyl groups excluding tert-OH is 1. The second-order valence-corrected chi connectivity index (χ2v) is 11.3. The lowest BCUT2D eigenvalue weighted by molar-refractivity contribution is -0.133. The molecule has 4 N–H and O–H groups in total. The molecule has 1 aliphatic carbocycles. The Morgan fingerprint density at radius 1 is 1.24 bits per heavy atom. The van der Waals surface area contributed by atoms with Gasteiger partial charge >= 0.3 is 0 Å². The zero-order valence-electron chi connectivity index (χ0n) is 22.4. The maximum absolute atomic E-state index is 13.6. The van der Waals surface area contributed by atoms with E-state index in [4.69, 9.17) is 15.5 Å². The minimum atomic E-state index is -0.935. The first-order valence-corrected chi connectivity index (χ1v) is 13.4. The zero-order valence-corrected chi connectivity index (χ0v) is 22.4. The monoisotopic (exact) mass is 519 g/mol. The summed E-state index contributed by atoms with van der Waals surface area (Å²) in [7, 11) is 0. The SMILES string of the molecule is CCC1(CC)CC(=O)N([C@H](c2cccnc2)[C@@H]2C[C@H]2C(=O)N[C@@H]2c3ccccc3OC(C)(C)C2O)C(N)=N1. The van der Waals surface area contributed by atoms with Crippen molar-refractivity contribution in [2.45, 2.75) is 82.7 Å². The van der Waals surface area contributed by atoms with Gasteiger partial charge in [0.05, 0.1) is 24.0 Å². The predicted molar refractivity (Wildman–Crippen MR) is 143 cm³/mol. The van der Waals surface area contributed by atoms with Gasteiger partial charge in [-0.15, -0.1) is 0 Å². The number of hydrogen-bond donors (Lipinski definition) is 3. The zero-order chi connectivity index (χ0) is 27.2. The molecule has 38 heavy (non-hydrogen) atoms. The number of amides is 2. The van der Waals surface area contributed by atoms with E-state index in [-0.39, 0.29) is 36.0 Å². The lowest BCUT2D eigenvalue weighted by atomic mass is 9.86. The van der Waals surface area contributed by atoms with Crippen molar-refractivity contribution in [2.24, 2.45) is 22.6 Å². The number of nitrogens with two attached hydrogens (primary N) is 1. The van der Waals surface area contributed by atoms with E-state index in [9.17, 15) is 14.7 Å². The largest absolute Gasteiger partial charge is 0.485 e. The molecule has 2 aliphatic heterocycles. The van der Waals surface area contributed by atoms with Gasteiger partial charge in [0, 0.05) is 23.9 Å². The Kier molecular flexibility index (Phi) is 6.67. The summed E-state index contributed by atoms with van der Waals surface area (Å²) in [6.45, 7) is 7.66. The van der Waals surface area contributed by atoms with Crippen LogP contribution in [-0.4, -0.2) is 50.0 Å². The van der Waals surface area contributed by atoms with Gasteiger partial charge in [-0.3, -0.25) is 19.5 Å². The van der Waals surface area contributed by atoms with Gasteiger partial charge in [0.1, 0.15) is 17.5 Å². The average Bonchev–Trinajstić information content (AvgIpc) is 3.69. The Balaban J connectivity index is 1.42. The van der Waals surface area contributed by atoms with Crippen LogP contribution in [0.1, 0.15) is 76.6 Å². The molecule has 3 heterocycles. The number of aromatic nitrogens is 1. The molecule has 1 aromatic heterocycles. The molecule has 2 amide bonds. The summed E-state index contributed by atoms with van der Waals surface area (Å²) >= 11 is 0. The van der Waals surface area contributed by atoms with Crippen molar-refractivity contribution in [3.63, 3.8) is 0 Å². The number of nitrogens with zero attached hydrogens (tertiary/aromatic N) is 3. The number of carbonyl (C=O) groups is 2. The Bertz CT molecular complexity index is 1240. The molecule has 1 fully saturated rings. The highest BCUT2D eigenvalue weighted by atomic mass is 16.5. The molecule has 0 bridgehead atoms. The van der Waals surface area contributed by atoms with Gasteiger partial charge in [0.15, 0.2) is 5.96 Å². The molecule has 3 aliphatic rings. The number of benzene rings is 1. The molecule has 1 unspecified atom stereocenters. The molecule has 1 aromatic carbocycles. The quantitative estimate of drug-likeness (QED) is 0.515. The van der Waals surface area contributed by atoms with E-state index in [1.165, 1.54) is 0 Å². The van der Waals surface area contributed by atoms with Gasteiger partial charge in [-0.05, 0) is 56.7 Å². The molecule has 5 atom stereocenters. The van der Waals surface area contributed by atoms with Gasteiger partial charge in [-0.25, -0.2) is 4.99 Å². The third-order valence-corrected chi connectivity index (χ3v) is 8.50. The molecule has 0 radical (unpaired) electrons. The first-order chi connectivity index (χ1) is 18.1.